The van der Waals surface area contributed by atoms with E-state index in [1.807, 2.05) is 26.0 Å². The number of para-hydroxylation sites is 2. The van der Waals surface area contributed by atoms with Gasteiger partial charge in [0.1, 0.15) is 23.0 Å². The molecular weight excluding hydrogens is 356 g/mol. The molecule has 3 rings (SSSR count). The van der Waals surface area contributed by atoms with Gasteiger partial charge < -0.3 is 19.5 Å². The lowest BCUT2D eigenvalue weighted by molar-refractivity contribution is -0.112. The molecule has 2 heterocycles. The summed E-state index contributed by atoms with van der Waals surface area (Å²) >= 11 is 0. The van der Waals surface area contributed by atoms with Crippen molar-refractivity contribution in [1.29, 1.82) is 0 Å². The van der Waals surface area contributed by atoms with Crippen LogP contribution in [0.3, 0.4) is 0 Å². The van der Waals surface area contributed by atoms with E-state index in [4.69, 9.17) is 8.83 Å². The fourth-order valence-corrected chi connectivity index (χ4v) is 2.45. The van der Waals surface area contributed by atoms with Gasteiger partial charge in [-0.25, -0.2) is 0 Å². The van der Waals surface area contributed by atoms with Crippen LogP contribution in [0.5, 0.6) is 0 Å². The van der Waals surface area contributed by atoms with Crippen LogP contribution >= 0.6 is 0 Å². The summed E-state index contributed by atoms with van der Waals surface area (Å²) in [7, 11) is 0. The summed E-state index contributed by atoms with van der Waals surface area (Å²) in [6, 6.07) is 14.1. The predicted molar refractivity (Wildman–Crippen MR) is 109 cm³/mol. The maximum absolute atomic E-state index is 12.2. The smallest absolute Gasteiger partial charge is 0.248 e. The number of rotatable bonds is 6. The van der Waals surface area contributed by atoms with Gasteiger partial charge in [-0.15, -0.1) is 0 Å². The highest BCUT2D eigenvalue weighted by Crippen LogP contribution is 2.21. The molecule has 0 fully saturated rings. The van der Waals surface area contributed by atoms with Gasteiger partial charge in [0.25, 0.3) is 0 Å². The van der Waals surface area contributed by atoms with E-state index < -0.39 is 0 Å². The zero-order chi connectivity index (χ0) is 19.9. The Balaban J connectivity index is 1.63. The van der Waals surface area contributed by atoms with Crippen molar-refractivity contribution in [3.05, 3.63) is 83.7 Å². The molecule has 0 unspecified atom stereocenters. The molecule has 2 amide bonds. The summed E-state index contributed by atoms with van der Waals surface area (Å²) in [4.78, 5) is 24.3. The maximum atomic E-state index is 12.2. The van der Waals surface area contributed by atoms with Gasteiger partial charge in [-0.1, -0.05) is 12.1 Å². The average Bonchev–Trinajstić information content (AvgIpc) is 3.28. The van der Waals surface area contributed by atoms with Crippen LogP contribution in [0.15, 0.2) is 69.5 Å². The van der Waals surface area contributed by atoms with Crippen molar-refractivity contribution in [3.8, 4) is 0 Å². The monoisotopic (exact) mass is 376 g/mol. The highest BCUT2D eigenvalue weighted by molar-refractivity contribution is 6.07. The number of hydrogen-bond acceptors (Lipinski definition) is 4. The lowest BCUT2D eigenvalue weighted by Crippen LogP contribution is -2.13. The molecule has 0 saturated carbocycles. The summed E-state index contributed by atoms with van der Waals surface area (Å²) in [5.74, 6) is 2.05. The quantitative estimate of drug-likeness (QED) is 0.606. The molecule has 0 atom stereocenters. The number of anilines is 2. The van der Waals surface area contributed by atoms with Crippen LogP contribution in [0, 0.1) is 13.8 Å². The van der Waals surface area contributed by atoms with E-state index in [0.717, 1.165) is 11.5 Å². The number of hydrogen-bond donors (Lipinski definition) is 2. The van der Waals surface area contributed by atoms with Crippen LogP contribution < -0.4 is 10.6 Å². The van der Waals surface area contributed by atoms with Gasteiger partial charge in [0.2, 0.25) is 11.8 Å². The van der Waals surface area contributed by atoms with Crippen LogP contribution in [0.4, 0.5) is 11.4 Å². The van der Waals surface area contributed by atoms with Crippen LogP contribution in [0.2, 0.25) is 0 Å². The first-order valence-electron chi connectivity index (χ1n) is 8.69. The molecule has 3 aromatic rings. The van der Waals surface area contributed by atoms with Gasteiger partial charge in [-0.3, -0.25) is 9.59 Å². The van der Waals surface area contributed by atoms with Gasteiger partial charge in [0.15, 0.2) is 0 Å². The summed E-state index contributed by atoms with van der Waals surface area (Å²) in [5, 5.41) is 5.49. The fourth-order valence-electron chi connectivity index (χ4n) is 2.45. The number of aryl methyl sites for hydroxylation is 2. The van der Waals surface area contributed by atoms with Crippen molar-refractivity contribution in [1.82, 2.24) is 0 Å². The number of benzene rings is 1. The van der Waals surface area contributed by atoms with Crippen LogP contribution in [0.25, 0.3) is 12.2 Å². The number of furan rings is 2. The second-order valence-electron chi connectivity index (χ2n) is 6.09. The number of carbonyl (C=O) groups excluding carboxylic acids is 2. The lowest BCUT2D eigenvalue weighted by atomic mass is 10.2. The second-order valence-corrected chi connectivity index (χ2v) is 6.09. The number of carbonyl (C=O) groups is 2. The summed E-state index contributed by atoms with van der Waals surface area (Å²) in [6.45, 7) is 3.66. The lowest BCUT2D eigenvalue weighted by Gasteiger charge is -2.10. The molecule has 142 valence electrons. The van der Waals surface area contributed by atoms with E-state index in [1.165, 1.54) is 12.2 Å². The van der Waals surface area contributed by atoms with Crippen molar-refractivity contribution < 1.29 is 18.4 Å². The minimum atomic E-state index is -0.336. The Hall–Kier alpha value is -3.80. The van der Waals surface area contributed by atoms with Crippen LogP contribution in [-0.2, 0) is 9.59 Å². The first-order chi connectivity index (χ1) is 13.5. The van der Waals surface area contributed by atoms with E-state index in [1.54, 1.807) is 48.6 Å². The molecule has 1 aromatic carbocycles. The van der Waals surface area contributed by atoms with Gasteiger partial charge in [0.05, 0.1) is 11.4 Å². The van der Waals surface area contributed by atoms with Crippen molar-refractivity contribution in [2.45, 2.75) is 13.8 Å². The van der Waals surface area contributed by atoms with Crippen LogP contribution in [-0.4, -0.2) is 11.8 Å². The minimum Gasteiger partial charge on any atom is -0.462 e. The molecule has 0 bridgehead atoms. The normalized spacial score (nSPS) is 11.2. The largest absolute Gasteiger partial charge is 0.462 e. The SMILES string of the molecule is Cc1ccc(C=CC(=O)Nc2ccccc2NC(=O)C=Cc2ccc(C)o2)o1. The number of nitrogens with one attached hydrogen (secondary N) is 2. The summed E-state index contributed by atoms with van der Waals surface area (Å²) < 4.78 is 10.8. The predicted octanol–water partition coefficient (Wildman–Crippen LogP) is 4.79. The average molecular weight is 376 g/mol. The van der Waals surface area contributed by atoms with E-state index in [0.29, 0.717) is 22.9 Å². The second kappa shape index (κ2) is 8.73. The molecule has 28 heavy (non-hydrogen) atoms. The zero-order valence-electron chi connectivity index (χ0n) is 15.6. The minimum absolute atomic E-state index is 0.336. The highest BCUT2D eigenvalue weighted by Gasteiger charge is 2.07. The molecular formula is C22H20N2O4. The van der Waals surface area contributed by atoms with Crippen molar-refractivity contribution >= 4 is 35.3 Å². The van der Waals surface area contributed by atoms with E-state index in [2.05, 4.69) is 10.6 Å². The summed E-state index contributed by atoms with van der Waals surface area (Å²) in [5.41, 5.74) is 0.978. The Morgan fingerprint density at radius 3 is 1.50 bits per heavy atom. The van der Waals surface area contributed by atoms with Gasteiger partial charge in [0, 0.05) is 12.2 Å². The maximum Gasteiger partial charge on any atom is 0.248 e. The standard InChI is InChI=1S/C22H20N2O4/c1-15-7-9-17(27-15)11-13-21(25)23-19-5-3-4-6-20(19)24-22(26)14-12-18-10-8-16(2)28-18/h3-14H,1-2H3,(H,23,25)(H,24,26). The molecule has 2 N–H and O–H groups in total. The first-order valence-corrected chi connectivity index (χ1v) is 8.69. The molecule has 0 spiro atoms. The van der Waals surface area contributed by atoms with Gasteiger partial charge >= 0.3 is 0 Å². The molecule has 0 saturated heterocycles. The van der Waals surface area contributed by atoms with E-state index >= 15 is 0 Å². The Morgan fingerprint density at radius 1 is 0.714 bits per heavy atom. The van der Waals surface area contributed by atoms with Gasteiger partial charge in [-0.05, 0) is 62.4 Å². The van der Waals surface area contributed by atoms with E-state index in [-0.39, 0.29) is 11.8 Å². The Labute approximate surface area is 162 Å². The molecule has 0 aliphatic heterocycles. The Bertz CT molecular complexity index is 957. The Kier molecular flexibility index (Phi) is 5.91. The third kappa shape index (κ3) is 5.35. The Morgan fingerprint density at radius 2 is 1.14 bits per heavy atom. The molecule has 6 heteroatoms. The molecule has 6 nitrogen and oxygen atoms in total. The summed E-state index contributed by atoms with van der Waals surface area (Å²) in [6.07, 6.45) is 5.90. The van der Waals surface area contributed by atoms with Crippen molar-refractivity contribution in [2.75, 3.05) is 10.6 Å². The van der Waals surface area contributed by atoms with Crippen LogP contribution in [0.1, 0.15) is 23.0 Å². The molecule has 0 aliphatic carbocycles. The third-order valence-electron chi connectivity index (χ3n) is 3.76. The molecule has 0 aliphatic rings. The van der Waals surface area contributed by atoms with Crippen molar-refractivity contribution in [3.63, 3.8) is 0 Å². The highest BCUT2D eigenvalue weighted by atomic mass is 16.3. The third-order valence-corrected chi connectivity index (χ3v) is 3.76. The fraction of sp³-hybridized carbons (Fsp3) is 0.0909. The zero-order valence-corrected chi connectivity index (χ0v) is 15.6. The van der Waals surface area contributed by atoms with Crippen molar-refractivity contribution in [2.24, 2.45) is 0 Å². The first kappa shape index (κ1) is 19.0. The van der Waals surface area contributed by atoms with Gasteiger partial charge in [-0.2, -0.15) is 0 Å². The molecule has 2 aromatic heterocycles. The topological polar surface area (TPSA) is 84.5 Å². The molecule has 0 radical (unpaired) electrons. The number of amides is 2. The van der Waals surface area contributed by atoms with E-state index in [9.17, 15) is 9.59 Å².